The van der Waals surface area contributed by atoms with E-state index in [-0.39, 0.29) is 58.5 Å². The van der Waals surface area contributed by atoms with Gasteiger partial charge in [0.15, 0.2) is 23.1 Å². The number of phenols is 1. The van der Waals surface area contributed by atoms with Gasteiger partial charge in [-0.2, -0.15) is 0 Å². The minimum Gasteiger partial charge on any atom is -0.502 e. The van der Waals surface area contributed by atoms with Crippen LogP contribution in [0, 0.1) is 23.7 Å². The van der Waals surface area contributed by atoms with E-state index in [1.54, 1.807) is 36.4 Å². The van der Waals surface area contributed by atoms with Crippen molar-refractivity contribution in [2.75, 3.05) is 19.1 Å². The topological polar surface area (TPSA) is 148 Å². The lowest BCUT2D eigenvalue weighted by Gasteiger charge is -2.55. The van der Waals surface area contributed by atoms with Crippen molar-refractivity contribution in [3.63, 3.8) is 0 Å². The van der Waals surface area contributed by atoms with Crippen LogP contribution in [0.5, 0.6) is 17.2 Å². The number of allylic oxidation sites excluding steroid dienone is 4. The first-order valence-electron chi connectivity index (χ1n) is 17.4. The number of hydrogen-bond acceptors (Lipinski definition) is 8. The summed E-state index contributed by atoms with van der Waals surface area (Å²) in [5.41, 5.74) is 1.34. The summed E-state index contributed by atoms with van der Waals surface area (Å²) >= 11 is 0. The van der Waals surface area contributed by atoms with Crippen molar-refractivity contribution in [3.05, 3.63) is 137 Å². The summed E-state index contributed by atoms with van der Waals surface area (Å²) < 4.78 is 11.2. The number of rotatable bonds is 7. The molecule has 0 unspecified atom stereocenters. The third-order valence-electron chi connectivity index (χ3n) is 11.6. The number of ether oxygens (including phenoxy) is 2. The second-order valence-corrected chi connectivity index (χ2v) is 13.9. The van der Waals surface area contributed by atoms with Gasteiger partial charge in [-0.25, -0.2) is 4.79 Å². The molecule has 1 saturated carbocycles. The summed E-state index contributed by atoms with van der Waals surface area (Å²) in [5.74, 6) is -6.83. The standard InChI is InChI=1S/C43H35NO9/c1-52-33-19-25(20-34(53-2)39(33)47)37-28-16-17-29-36(41(49)44(40(29)48)27-15-9-12-24(18-27)42(50)51)31(28)21-32-38(46)30(23-10-5-3-6-11-23)22-35(45)43(32,37)26-13-7-4-8-14-26/h3-16,18-20,22,29,31-32,36-37,47H,17,21H2,1-2H3,(H,50,51)/t29-,31+,32-,36-,37-,43-/m0/s1. The van der Waals surface area contributed by atoms with E-state index in [2.05, 4.69) is 0 Å². The molecule has 0 spiro atoms. The molecule has 2 fully saturated rings. The largest absolute Gasteiger partial charge is 0.502 e. The van der Waals surface area contributed by atoms with Crippen LogP contribution >= 0.6 is 0 Å². The van der Waals surface area contributed by atoms with Crippen LogP contribution in [-0.2, 0) is 24.6 Å². The lowest BCUT2D eigenvalue weighted by Crippen LogP contribution is -2.58. The van der Waals surface area contributed by atoms with Crippen molar-refractivity contribution in [1.82, 2.24) is 0 Å². The molecule has 1 saturated heterocycles. The van der Waals surface area contributed by atoms with Crippen molar-refractivity contribution < 1.29 is 43.7 Å². The number of carbonyl (C=O) groups is 5. The molecule has 1 aliphatic heterocycles. The Hall–Kier alpha value is -6.29. The van der Waals surface area contributed by atoms with Crippen LogP contribution in [0.1, 0.15) is 45.8 Å². The number of ketones is 2. The average molecular weight is 710 g/mol. The zero-order valence-electron chi connectivity index (χ0n) is 28.9. The van der Waals surface area contributed by atoms with Gasteiger partial charge in [-0.1, -0.05) is 78.4 Å². The maximum atomic E-state index is 15.2. The van der Waals surface area contributed by atoms with Crippen molar-refractivity contribution in [2.45, 2.75) is 24.2 Å². The molecule has 2 N–H and O–H groups in total. The normalized spacial score (nSPS) is 26.2. The number of imide groups is 1. The first-order chi connectivity index (χ1) is 25.6. The number of hydrogen-bond donors (Lipinski definition) is 2. The minimum absolute atomic E-state index is 0.0658. The molecule has 4 aromatic carbocycles. The van der Waals surface area contributed by atoms with Gasteiger partial charge in [0.1, 0.15) is 0 Å². The van der Waals surface area contributed by atoms with Gasteiger partial charge < -0.3 is 19.7 Å². The number of carbonyl (C=O) groups excluding carboxylic acids is 4. The van der Waals surface area contributed by atoms with Crippen LogP contribution in [-0.4, -0.2) is 53.8 Å². The summed E-state index contributed by atoms with van der Waals surface area (Å²) in [6.45, 7) is 0. The molecule has 53 heavy (non-hydrogen) atoms. The molecule has 4 aliphatic rings. The number of carboxylic acid groups (broad SMARTS) is 1. The number of aromatic carboxylic acids is 1. The van der Waals surface area contributed by atoms with E-state index in [9.17, 15) is 24.6 Å². The zero-order valence-corrected chi connectivity index (χ0v) is 28.9. The van der Waals surface area contributed by atoms with E-state index in [4.69, 9.17) is 9.47 Å². The molecular formula is C43H35NO9. The van der Waals surface area contributed by atoms with Crippen LogP contribution in [0.4, 0.5) is 5.69 Å². The molecule has 8 rings (SSSR count). The summed E-state index contributed by atoms with van der Waals surface area (Å²) in [6, 6.07) is 27.2. The van der Waals surface area contributed by atoms with Crippen LogP contribution in [0.2, 0.25) is 0 Å². The van der Waals surface area contributed by atoms with Gasteiger partial charge in [0.2, 0.25) is 17.6 Å². The number of fused-ring (bicyclic) bond motifs is 4. The molecule has 10 nitrogen and oxygen atoms in total. The number of amides is 2. The molecule has 2 amide bonds. The highest BCUT2D eigenvalue weighted by Gasteiger charge is 2.66. The number of aromatic hydroxyl groups is 1. The van der Waals surface area contributed by atoms with Crippen LogP contribution in [0.3, 0.4) is 0 Å². The quantitative estimate of drug-likeness (QED) is 0.171. The molecule has 1 heterocycles. The second kappa shape index (κ2) is 12.7. The first-order valence-corrected chi connectivity index (χ1v) is 17.4. The summed E-state index contributed by atoms with van der Waals surface area (Å²) in [4.78, 5) is 72.0. The monoisotopic (exact) mass is 709 g/mol. The Balaban J connectivity index is 1.37. The van der Waals surface area contributed by atoms with Crippen molar-refractivity contribution in [1.29, 1.82) is 0 Å². The molecule has 0 aromatic heterocycles. The first kappa shape index (κ1) is 33.8. The fraction of sp³-hybridized carbons (Fsp3) is 0.233. The summed E-state index contributed by atoms with van der Waals surface area (Å²) in [5, 5.41) is 20.6. The molecule has 6 atom stereocenters. The Kier molecular flexibility index (Phi) is 8.13. The molecule has 10 heteroatoms. The number of Topliss-reactive ketones (excluding diaryl/α,β-unsaturated/α-hetero) is 1. The number of nitrogens with zero attached hydrogens (tertiary/aromatic N) is 1. The Bertz CT molecular complexity index is 2250. The van der Waals surface area contributed by atoms with E-state index < -0.39 is 52.8 Å². The molecular weight excluding hydrogens is 674 g/mol. The lowest BCUT2D eigenvalue weighted by atomic mass is 9.44. The van der Waals surface area contributed by atoms with Crippen molar-refractivity contribution >= 4 is 40.6 Å². The smallest absolute Gasteiger partial charge is 0.335 e. The Morgan fingerprint density at radius 1 is 0.811 bits per heavy atom. The zero-order chi connectivity index (χ0) is 37.2. The molecule has 266 valence electrons. The Labute approximate surface area is 305 Å². The van der Waals surface area contributed by atoms with E-state index in [0.717, 1.165) is 10.5 Å². The molecule has 4 aromatic rings. The van der Waals surface area contributed by atoms with Crippen molar-refractivity contribution in [2.24, 2.45) is 23.7 Å². The number of methoxy groups -OCH3 is 2. The van der Waals surface area contributed by atoms with E-state index in [1.165, 1.54) is 44.6 Å². The average Bonchev–Trinajstić information content (AvgIpc) is 3.44. The van der Waals surface area contributed by atoms with Crippen LogP contribution in [0.15, 0.2) is 115 Å². The molecule has 0 radical (unpaired) electrons. The fourth-order valence-corrected chi connectivity index (χ4v) is 9.36. The van der Waals surface area contributed by atoms with Gasteiger partial charge in [0.25, 0.3) is 0 Å². The predicted molar refractivity (Wildman–Crippen MR) is 194 cm³/mol. The van der Waals surface area contributed by atoms with E-state index in [0.29, 0.717) is 16.7 Å². The molecule has 3 aliphatic carbocycles. The minimum atomic E-state index is -1.49. The van der Waals surface area contributed by atoms with Gasteiger partial charge in [-0.15, -0.1) is 0 Å². The van der Waals surface area contributed by atoms with E-state index >= 15 is 9.59 Å². The van der Waals surface area contributed by atoms with Crippen molar-refractivity contribution in [3.8, 4) is 17.2 Å². The van der Waals surface area contributed by atoms with Gasteiger partial charge >= 0.3 is 5.97 Å². The van der Waals surface area contributed by atoms with Crippen LogP contribution < -0.4 is 14.4 Å². The third kappa shape index (κ3) is 4.96. The number of phenolic OH excluding ortho intramolecular Hbond substituents is 1. The van der Waals surface area contributed by atoms with Gasteiger partial charge in [0.05, 0.1) is 42.7 Å². The maximum Gasteiger partial charge on any atom is 0.335 e. The molecule has 0 bridgehead atoms. The highest BCUT2D eigenvalue weighted by atomic mass is 16.5. The Morgan fingerprint density at radius 2 is 1.47 bits per heavy atom. The van der Waals surface area contributed by atoms with Crippen LogP contribution in [0.25, 0.3) is 5.57 Å². The van der Waals surface area contributed by atoms with Gasteiger partial charge in [0, 0.05) is 17.4 Å². The SMILES string of the molecule is COc1cc([C@H]2C3=CC[C@@H]4C(=O)N(c5cccc(C(=O)O)c5)C(=O)[C@@H]4[C@@H]3C[C@H]3C(=O)C(c4ccccc4)=CC(=O)[C@@]23c2ccccc2)cc(OC)c1O. The summed E-state index contributed by atoms with van der Waals surface area (Å²) in [7, 11) is 2.81. The third-order valence-corrected chi connectivity index (χ3v) is 11.6. The van der Waals surface area contributed by atoms with Gasteiger partial charge in [-0.3, -0.25) is 24.1 Å². The Morgan fingerprint density at radius 3 is 2.11 bits per heavy atom. The fourth-order valence-electron chi connectivity index (χ4n) is 9.36. The van der Waals surface area contributed by atoms with E-state index in [1.807, 2.05) is 42.5 Å². The van der Waals surface area contributed by atoms with Gasteiger partial charge in [-0.05, 0) is 71.9 Å². The highest BCUT2D eigenvalue weighted by molar-refractivity contribution is 6.32. The second-order valence-electron chi connectivity index (χ2n) is 13.9. The number of benzene rings is 4. The summed E-state index contributed by atoms with van der Waals surface area (Å²) in [6.07, 6.45) is 3.65. The number of anilines is 1. The predicted octanol–water partition coefficient (Wildman–Crippen LogP) is 6.14. The maximum absolute atomic E-state index is 15.2. The number of carboxylic acids is 1. The highest BCUT2D eigenvalue weighted by Crippen LogP contribution is 2.64. The lowest BCUT2D eigenvalue weighted by molar-refractivity contribution is -0.135.